The number of aromatic nitrogens is 4. The van der Waals surface area contributed by atoms with Crippen molar-refractivity contribution >= 4 is 11.7 Å². The minimum absolute atomic E-state index is 0.114. The van der Waals surface area contributed by atoms with E-state index >= 15 is 0 Å². The molecule has 4 rings (SSSR count). The molecule has 1 aromatic carbocycles. The summed E-state index contributed by atoms with van der Waals surface area (Å²) in [5.74, 6) is 0.335. The smallest absolute Gasteiger partial charge is 0.260 e. The van der Waals surface area contributed by atoms with Gasteiger partial charge in [-0.15, -0.1) is 0 Å². The standard InChI is InChI=1S/C19H16FN5O2/c1-3-14-11-10-15(27-2)13(20)9-12(11)19(26)25(14)16-5-8-23-18(24-16)17-21-6-4-7-22-17/h4-10,14H,3H2,1-2H3/t14-/m0/s1. The minimum Gasteiger partial charge on any atom is -0.494 e. The van der Waals surface area contributed by atoms with Crippen LogP contribution in [0.25, 0.3) is 11.6 Å². The predicted molar refractivity (Wildman–Crippen MR) is 95.9 cm³/mol. The summed E-state index contributed by atoms with van der Waals surface area (Å²) in [4.78, 5) is 31.5. The lowest BCUT2D eigenvalue weighted by Crippen LogP contribution is -2.28. The van der Waals surface area contributed by atoms with Gasteiger partial charge in [-0.1, -0.05) is 6.92 Å². The number of carbonyl (C=O) groups excluding carboxylic acids is 1. The highest BCUT2D eigenvalue weighted by Crippen LogP contribution is 2.41. The Morgan fingerprint density at radius 3 is 2.59 bits per heavy atom. The molecule has 8 heteroatoms. The molecule has 0 saturated carbocycles. The molecule has 0 unspecified atom stereocenters. The van der Waals surface area contributed by atoms with Crippen LogP contribution < -0.4 is 9.64 Å². The van der Waals surface area contributed by atoms with E-state index in [2.05, 4.69) is 19.9 Å². The van der Waals surface area contributed by atoms with Crippen LogP contribution in [0.2, 0.25) is 0 Å². The average molecular weight is 365 g/mol. The fourth-order valence-corrected chi connectivity index (χ4v) is 3.27. The van der Waals surface area contributed by atoms with Gasteiger partial charge in [0.1, 0.15) is 5.82 Å². The number of anilines is 1. The maximum absolute atomic E-state index is 14.1. The van der Waals surface area contributed by atoms with Crippen LogP contribution >= 0.6 is 0 Å². The Morgan fingerprint density at radius 2 is 1.89 bits per heavy atom. The van der Waals surface area contributed by atoms with Gasteiger partial charge in [0.2, 0.25) is 0 Å². The molecule has 0 aliphatic carbocycles. The normalized spacial score (nSPS) is 15.7. The molecule has 27 heavy (non-hydrogen) atoms. The Bertz CT molecular complexity index is 1010. The van der Waals surface area contributed by atoms with E-state index in [-0.39, 0.29) is 17.7 Å². The predicted octanol–water partition coefficient (Wildman–Crippen LogP) is 3.19. The summed E-state index contributed by atoms with van der Waals surface area (Å²) in [5.41, 5.74) is 1.04. The molecule has 0 saturated heterocycles. The molecule has 0 fully saturated rings. The summed E-state index contributed by atoms with van der Waals surface area (Å²) in [6, 6.07) is 5.87. The maximum Gasteiger partial charge on any atom is 0.260 e. The van der Waals surface area contributed by atoms with Gasteiger partial charge in [0.05, 0.1) is 13.2 Å². The summed E-state index contributed by atoms with van der Waals surface area (Å²) >= 11 is 0. The molecule has 1 atom stereocenters. The summed E-state index contributed by atoms with van der Waals surface area (Å²) in [5, 5.41) is 0. The number of hydrogen-bond acceptors (Lipinski definition) is 6. The van der Waals surface area contributed by atoms with Gasteiger partial charge in [0, 0.05) is 24.2 Å². The number of hydrogen-bond donors (Lipinski definition) is 0. The first-order valence-corrected chi connectivity index (χ1v) is 8.45. The number of methoxy groups -OCH3 is 1. The highest BCUT2D eigenvalue weighted by molar-refractivity contribution is 6.10. The van der Waals surface area contributed by atoms with E-state index in [4.69, 9.17) is 4.74 Å². The number of halogens is 1. The van der Waals surface area contributed by atoms with E-state index in [0.717, 1.165) is 5.56 Å². The molecule has 1 aliphatic heterocycles. The monoisotopic (exact) mass is 365 g/mol. The van der Waals surface area contributed by atoms with Crippen molar-refractivity contribution in [2.24, 2.45) is 0 Å². The number of rotatable bonds is 4. The van der Waals surface area contributed by atoms with E-state index in [0.29, 0.717) is 29.5 Å². The van der Waals surface area contributed by atoms with Gasteiger partial charge in [-0.25, -0.2) is 24.3 Å². The Morgan fingerprint density at radius 1 is 1.15 bits per heavy atom. The number of fused-ring (bicyclic) bond motifs is 1. The van der Waals surface area contributed by atoms with Crippen molar-refractivity contribution in [3.05, 3.63) is 59.8 Å². The first-order valence-electron chi connectivity index (χ1n) is 8.45. The molecule has 1 amide bonds. The molecular formula is C19H16FN5O2. The highest BCUT2D eigenvalue weighted by Gasteiger charge is 2.38. The third-order valence-corrected chi connectivity index (χ3v) is 4.48. The minimum atomic E-state index is -0.567. The van der Waals surface area contributed by atoms with Gasteiger partial charge in [-0.2, -0.15) is 0 Å². The molecule has 3 aromatic rings. The molecule has 3 heterocycles. The van der Waals surface area contributed by atoms with E-state index in [1.807, 2.05) is 6.92 Å². The lowest BCUT2D eigenvalue weighted by Gasteiger charge is -2.23. The summed E-state index contributed by atoms with van der Waals surface area (Å²) < 4.78 is 19.2. The fraction of sp³-hybridized carbons (Fsp3) is 0.211. The maximum atomic E-state index is 14.1. The number of benzene rings is 1. The first-order chi connectivity index (χ1) is 13.1. The first kappa shape index (κ1) is 17.0. The molecular weight excluding hydrogens is 349 g/mol. The summed E-state index contributed by atoms with van der Waals surface area (Å²) in [6.07, 6.45) is 5.38. The third kappa shape index (κ3) is 2.79. The summed E-state index contributed by atoms with van der Waals surface area (Å²) in [6.45, 7) is 1.96. The zero-order chi connectivity index (χ0) is 19.0. The van der Waals surface area contributed by atoms with Crippen LogP contribution in [0.5, 0.6) is 5.75 Å². The lowest BCUT2D eigenvalue weighted by atomic mass is 10.0. The van der Waals surface area contributed by atoms with Gasteiger partial charge in [-0.05, 0) is 36.2 Å². The molecule has 0 spiro atoms. The summed E-state index contributed by atoms with van der Waals surface area (Å²) in [7, 11) is 1.40. The van der Waals surface area contributed by atoms with Crippen molar-refractivity contribution in [3.63, 3.8) is 0 Å². The number of nitrogens with zero attached hydrogens (tertiary/aromatic N) is 5. The van der Waals surface area contributed by atoms with Crippen LogP contribution in [-0.2, 0) is 0 Å². The van der Waals surface area contributed by atoms with E-state index < -0.39 is 5.82 Å². The van der Waals surface area contributed by atoms with Gasteiger partial charge in [-0.3, -0.25) is 9.69 Å². The van der Waals surface area contributed by atoms with Crippen molar-refractivity contribution in [3.8, 4) is 17.4 Å². The van der Waals surface area contributed by atoms with Crippen LogP contribution in [0, 0.1) is 5.82 Å². The number of carbonyl (C=O) groups is 1. The van der Waals surface area contributed by atoms with Crippen LogP contribution in [0.4, 0.5) is 10.2 Å². The zero-order valence-corrected chi connectivity index (χ0v) is 14.8. The van der Waals surface area contributed by atoms with Crippen molar-refractivity contribution in [1.29, 1.82) is 0 Å². The second-order valence-corrected chi connectivity index (χ2v) is 5.98. The molecule has 0 radical (unpaired) electrons. The Labute approximate surface area is 154 Å². The van der Waals surface area contributed by atoms with Crippen LogP contribution in [0.3, 0.4) is 0 Å². The van der Waals surface area contributed by atoms with Crippen LogP contribution in [0.15, 0.2) is 42.9 Å². The van der Waals surface area contributed by atoms with Gasteiger partial charge in [0.25, 0.3) is 5.91 Å². The topological polar surface area (TPSA) is 81.1 Å². The third-order valence-electron chi connectivity index (χ3n) is 4.48. The number of ether oxygens (including phenoxy) is 1. The Kier molecular flexibility index (Phi) is 4.23. The largest absolute Gasteiger partial charge is 0.494 e. The van der Waals surface area contributed by atoms with Gasteiger partial charge >= 0.3 is 0 Å². The van der Waals surface area contributed by atoms with Crippen molar-refractivity contribution < 1.29 is 13.9 Å². The lowest BCUT2D eigenvalue weighted by molar-refractivity contribution is 0.0989. The van der Waals surface area contributed by atoms with Crippen LogP contribution in [0.1, 0.15) is 35.3 Å². The van der Waals surface area contributed by atoms with E-state index in [9.17, 15) is 9.18 Å². The molecule has 1 aliphatic rings. The van der Waals surface area contributed by atoms with Crippen molar-refractivity contribution in [1.82, 2.24) is 19.9 Å². The quantitative estimate of drug-likeness (QED) is 0.706. The molecule has 0 N–H and O–H groups in total. The second kappa shape index (κ2) is 6.71. The molecule has 2 aromatic heterocycles. The van der Waals surface area contributed by atoms with Gasteiger partial charge in [0.15, 0.2) is 23.2 Å². The van der Waals surface area contributed by atoms with Gasteiger partial charge < -0.3 is 4.74 Å². The Hall–Kier alpha value is -3.42. The van der Waals surface area contributed by atoms with Crippen LogP contribution in [-0.4, -0.2) is 33.0 Å². The highest BCUT2D eigenvalue weighted by atomic mass is 19.1. The average Bonchev–Trinajstić information content (AvgIpc) is 2.99. The Balaban J connectivity index is 1.79. The molecule has 0 bridgehead atoms. The zero-order valence-electron chi connectivity index (χ0n) is 14.8. The molecule has 7 nitrogen and oxygen atoms in total. The fourth-order valence-electron chi connectivity index (χ4n) is 3.27. The molecule has 136 valence electrons. The van der Waals surface area contributed by atoms with E-state index in [1.54, 1.807) is 41.7 Å². The second-order valence-electron chi connectivity index (χ2n) is 5.98. The van der Waals surface area contributed by atoms with Crippen molar-refractivity contribution in [2.45, 2.75) is 19.4 Å². The van der Waals surface area contributed by atoms with E-state index in [1.165, 1.54) is 13.2 Å². The number of amides is 1. The SMILES string of the molecule is CC[C@H]1c2cc(OC)c(F)cc2C(=O)N1c1ccnc(-c2ncccn2)n1. The van der Waals surface area contributed by atoms with Crippen molar-refractivity contribution in [2.75, 3.05) is 12.0 Å².